The first-order chi connectivity index (χ1) is 8.81. The molecule has 0 aliphatic heterocycles. The molecule has 1 N–H and O–H groups in total. The summed E-state index contributed by atoms with van der Waals surface area (Å²) in [6.45, 7) is 1.72. The summed E-state index contributed by atoms with van der Waals surface area (Å²) in [6, 6.07) is 5.60. The first-order valence-corrected chi connectivity index (χ1v) is 5.87. The second kappa shape index (κ2) is 8.72. The Morgan fingerprint density at radius 2 is 2.00 bits per heavy atom. The van der Waals surface area contributed by atoms with Crippen molar-refractivity contribution in [1.29, 1.82) is 0 Å². The van der Waals surface area contributed by atoms with Crippen molar-refractivity contribution in [3.8, 4) is 11.5 Å². The maximum Gasteiger partial charge on any atom is 0.161 e. The lowest BCUT2D eigenvalue weighted by atomic mass is 10.2. The number of methoxy groups -OCH3 is 2. The number of hydrogen-bond acceptors (Lipinski definition) is 4. The van der Waals surface area contributed by atoms with Crippen LogP contribution < -0.4 is 14.8 Å². The van der Waals surface area contributed by atoms with Crippen LogP contribution in [-0.4, -0.2) is 40.7 Å². The third-order valence-corrected chi connectivity index (χ3v) is 2.37. The average Bonchev–Trinajstić information content (AvgIpc) is 2.41. The van der Waals surface area contributed by atoms with Gasteiger partial charge in [0.25, 0.3) is 0 Å². The summed E-state index contributed by atoms with van der Waals surface area (Å²) in [5, 5.41) is 3.24. The van der Waals surface area contributed by atoms with Gasteiger partial charge in [0.15, 0.2) is 11.5 Å². The normalized spacial score (nSPS) is 10.4. The van der Waals surface area contributed by atoms with Crippen molar-refractivity contribution >= 4 is 0 Å². The molecule has 102 valence electrons. The van der Waals surface area contributed by atoms with Crippen molar-refractivity contribution in [1.82, 2.24) is 5.32 Å². The van der Waals surface area contributed by atoms with Crippen LogP contribution in [0.4, 0.5) is 4.39 Å². The van der Waals surface area contributed by atoms with Crippen LogP contribution in [-0.2, 0) is 11.3 Å². The van der Waals surface area contributed by atoms with Gasteiger partial charge < -0.3 is 19.5 Å². The van der Waals surface area contributed by atoms with Crippen LogP contribution in [0.15, 0.2) is 18.2 Å². The molecule has 1 aromatic rings. The molecule has 0 radical (unpaired) electrons. The molecule has 0 saturated heterocycles. The zero-order valence-corrected chi connectivity index (χ0v) is 10.9. The molecule has 4 nitrogen and oxygen atoms in total. The molecule has 0 heterocycles. The predicted octanol–water partition coefficient (Wildman–Crippen LogP) is 1.78. The Morgan fingerprint density at radius 1 is 1.17 bits per heavy atom. The molecule has 0 atom stereocenters. The Labute approximate surface area is 107 Å². The van der Waals surface area contributed by atoms with E-state index in [1.807, 2.05) is 12.1 Å². The molecule has 0 unspecified atom stereocenters. The molecule has 1 rings (SSSR count). The minimum atomic E-state index is -0.510. The smallest absolute Gasteiger partial charge is 0.161 e. The monoisotopic (exact) mass is 257 g/mol. The third kappa shape index (κ3) is 4.89. The van der Waals surface area contributed by atoms with Crippen LogP contribution in [0.5, 0.6) is 11.5 Å². The van der Waals surface area contributed by atoms with Crippen molar-refractivity contribution < 1.29 is 18.6 Å². The highest BCUT2D eigenvalue weighted by Gasteiger charge is 2.05. The number of hydrogen-bond donors (Lipinski definition) is 1. The maximum atomic E-state index is 12.0. The number of alkyl halides is 1. The van der Waals surface area contributed by atoms with Crippen molar-refractivity contribution in [2.24, 2.45) is 0 Å². The fourth-order valence-electron chi connectivity index (χ4n) is 1.50. The summed E-state index contributed by atoms with van der Waals surface area (Å²) in [7, 11) is 3.24. The van der Waals surface area contributed by atoms with E-state index in [1.54, 1.807) is 20.3 Å². The molecule has 0 aromatic heterocycles. The molecule has 5 heteroatoms. The summed E-state index contributed by atoms with van der Waals surface area (Å²) in [5.41, 5.74) is 1.08. The van der Waals surface area contributed by atoms with E-state index in [1.165, 1.54) is 0 Å². The van der Waals surface area contributed by atoms with Crippen LogP contribution >= 0.6 is 0 Å². The van der Waals surface area contributed by atoms with Gasteiger partial charge in [0.05, 0.1) is 13.7 Å². The van der Waals surface area contributed by atoms with E-state index >= 15 is 0 Å². The van der Waals surface area contributed by atoms with E-state index in [9.17, 15) is 4.39 Å². The van der Waals surface area contributed by atoms with Crippen LogP contribution in [0.2, 0.25) is 0 Å². The Hall–Kier alpha value is -1.33. The highest BCUT2D eigenvalue weighted by atomic mass is 19.1. The third-order valence-electron chi connectivity index (χ3n) is 2.37. The lowest BCUT2D eigenvalue weighted by Gasteiger charge is -2.11. The first-order valence-electron chi connectivity index (χ1n) is 5.87. The molecule has 0 fully saturated rings. The van der Waals surface area contributed by atoms with Gasteiger partial charge in [0.2, 0.25) is 0 Å². The summed E-state index contributed by atoms with van der Waals surface area (Å²) in [6.07, 6.45) is 0. The van der Waals surface area contributed by atoms with E-state index in [2.05, 4.69) is 5.32 Å². The molecule has 0 amide bonds. The van der Waals surface area contributed by atoms with Crippen molar-refractivity contribution in [3.05, 3.63) is 23.8 Å². The molecule has 1 aromatic carbocycles. The lowest BCUT2D eigenvalue weighted by molar-refractivity contribution is 0.199. The summed E-state index contributed by atoms with van der Waals surface area (Å²) >= 11 is 0. The quantitative estimate of drug-likeness (QED) is 0.685. The van der Waals surface area contributed by atoms with Crippen LogP contribution in [0.25, 0.3) is 0 Å². The highest BCUT2D eigenvalue weighted by Crippen LogP contribution is 2.27. The molecule has 0 bridgehead atoms. The van der Waals surface area contributed by atoms with Crippen molar-refractivity contribution in [3.63, 3.8) is 0 Å². The maximum absolute atomic E-state index is 12.0. The molecule has 0 saturated carbocycles. The predicted molar refractivity (Wildman–Crippen MR) is 68.0 cm³/mol. The number of ether oxygens (including phenoxy) is 3. The fourth-order valence-corrected chi connectivity index (χ4v) is 1.50. The second-order valence-corrected chi connectivity index (χ2v) is 3.69. The van der Waals surface area contributed by atoms with E-state index in [4.69, 9.17) is 14.2 Å². The van der Waals surface area contributed by atoms with Crippen molar-refractivity contribution in [2.45, 2.75) is 6.54 Å². The van der Waals surface area contributed by atoms with Gasteiger partial charge in [-0.1, -0.05) is 6.07 Å². The standard InChI is InChI=1S/C13H20FNO3/c1-16-8-6-15-10-11-3-4-12(18-7-5-14)13(9-11)17-2/h3-4,9,15H,5-8,10H2,1-2H3. The SMILES string of the molecule is COCCNCc1ccc(OCCF)c(OC)c1. The molecule has 0 spiro atoms. The van der Waals surface area contributed by atoms with E-state index < -0.39 is 6.67 Å². The largest absolute Gasteiger partial charge is 0.493 e. The molecule has 0 aliphatic carbocycles. The zero-order valence-electron chi connectivity index (χ0n) is 10.9. The van der Waals surface area contributed by atoms with Gasteiger partial charge in [0.1, 0.15) is 13.3 Å². The minimum absolute atomic E-state index is 0.0434. The van der Waals surface area contributed by atoms with Gasteiger partial charge in [-0.3, -0.25) is 0 Å². The minimum Gasteiger partial charge on any atom is -0.493 e. The van der Waals surface area contributed by atoms with Gasteiger partial charge in [-0.2, -0.15) is 0 Å². The lowest BCUT2D eigenvalue weighted by Crippen LogP contribution is -2.18. The van der Waals surface area contributed by atoms with E-state index in [0.717, 1.165) is 18.7 Å². The van der Waals surface area contributed by atoms with Crippen LogP contribution in [0, 0.1) is 0 Å². The molecule has 18 heavy (non-hydrogen) atoms. The number of benzene rings is 1. The van der Waals surface area contributed by atoms with Crippen LogP contribution in [0.3, 0.4) is 0 Å². The Morgan fingerprint density at radius 3 is 2.67 bits per heavy atom. The first kappa shape index (κ1) is 14.7. The topological polar surface area (TPSA) is 39.7 Å². The summed E-state index contributed by atoms with van der Waals surface area (Å²) in [5.74, 6) is 1.19. The van der Waals surface area contributed by atoms with Gasteiger partial charge in [0, 0.05) is 20.2 Å². The Bertz CT molecular complexity index is 347. The van der Waals surface area contributed by atoms with Crippen molar-refractivity contribution in [2.75, 3.05) is 40.7 Å². The molecular formula is C13H20FNO3. The summed E-state index contributed by atoms with van der Waals surface area (Å²) in [4.78, 5) is 0. The second-order valence-electron chi connectivity index (χ2n) is 3.69. The van der Waals surface area contributed by atoms with Gasteiger partial charge in [-0.05, 0) is 17.7 Å². The number of halogens is 1. The average molecular weight is 257 g/mol. The van der Waals surface area contributed by atoms with Gasteiger partial charge >= 0.3 is 0 Å². The van der Waals surface area contributed by atoms with E-state index in [-0.39, 0.29) is 6.61 Å². The Balaban J connectivity index is 2.55. The fraction of sp³-hybridized carbons (Fsp3) is 0.538. The van der Waals surface area contributed by atoms with Gasteiger partial charge in [-0.15, -0.1) is 0 Å². The molecule has 0 aliphatic rings. The number of nitrogens with one attached hydrogen (secondary N) is 1. The van der Waals surface area contributed by atoms with Crippen LogP contribution in [0.1, 0.15) is 5.56 Å². The Kier molecular flexibility index (Phi) is 7.13. The molecular weight excluding hydrogens is 237 g/mol. The summed E-state index contributed by atoms with van der Waals surface area (Å²) < 4.78 is 27.4. The van der Waals surface area contributed by atoms with E-state index in [0.29, 0.717) is 18.1 Å². The van der Waals surface area contributed by atoms with Gasteiger partial charge in [-0.25, -0.2) is 4.39 Å². The number of rotatable bonds is 9. The highest BCUT2D eigenvalue weighted by molar-refractivity contribution is 5.42. The zero-order chi connectivity index (χ0) is 13.2.